The van der Waals surface area contributed by atoms with E-state index in [0.717, 1.165) is 46.0 Å². The summed E-state index contributed by atoms with van der Waals surface area (Å²) in [6.45, 7) is 3.50. The highest BCUT2D eigenvalue weighted by Crippen LogP contribution is 2.33. The van der Waals surface area contributed by atoms with Gasteiger partial charge in [-0.15, -0.1) is 0 Å². The smallest absolute Gasteiger partial charge is 0.324 e. The topological polar surface area (TPSA) is 86.5 Å². The van der Waals surface area contributed by atoms with Crippen LogP contribution in [0.5, 0.6) is 0 Å². The van der Waals surface area contributed by atoms with Gasteiger partial charge < -0.3 is 19.6 Å². The van der Waals surface area contributed by atoms with E-state index in [1.54, 1.807) is 16.7 Å². The van der Waals surface area contributed by atoms with Crippen molar-refractivity contribution in [2.24, 2.45) is 0 Å². The van der Waals surface area contributed by atoms with Crippen molar-refractivity contribution in [2.45, 2.75) is 11.8 Å². The SMILES string of the molecule is Cc1cc(Cl)cc(SN(CC(=O)O)c2ccc3c(ccn3-c3cnc(NCCN(C)C)cn3)c2)c1. The predicted molar refractivity (Wildman–Crippen MR) is 143 cm³/mol. The molecule has 0 aliphatic heterocycles. The lowest BCUT2D eigenvalue weighted by molar-refractivity contribution is -0.135. The van der Waals surface area contributed by atoms with Gasteiger partial charge in [-0.2, -0.15) is 0 Å². The first-order valence-corrected chi connectivity index (χ1v) is 12.2. The first kappa shape index (κ1) is 24.8. The first-order chi connectivity index (χ1) is 16.8. The Balaban J connectivity index is 1.57. The van der Waals surface area contributed by atoms with Gasteiger partial charge in [0.15, 0.2) is 5.82 Å². The van der Waals surface area contributed by atoms with Crippen LogP contribution < -0.4 is 9.62 Å². The lowest BCUT2D eigenvalue weighted by Crippen LogP contribution is -2.22. The minimum Gasteiger partial charge on any atom is -0.480 e. The monoisotopic (exact) mass is 510 g/mol. The molecule has 2 heterocycles. The highest BCUT2D eigenvalue weighted by molar-refractivity contribution is 8.00. The Morgan fingerprint density at radius 3 is 2.66 bits per heavy atom. The zero-order chi connectivity index (χ0) is 24.9. The van der Waals surface area contributed by atoms with E-state index in [2.05, 4.69) is 20.2 Å². The van der Waals surface area contributed by atoms with E-state index in [-0.39, 0.29) is 6.54 Å². The molecule has 2 aromatic heterocycles. The number of benzene rings is 2. The number of aromatic nitrogens is 3. The minimum absolute atomic E-state index is 0.157. The normalized spacial score (nSPS) is 11.2. The molecular formula is C25H27ClN6O2S. The fourth-order valence-electron chi connectivity index (χ4n) is 3.61. The summed E-state index contributed by atoms with van der Waals surface area (Å²) in [7, 11) is 4.05. The van der Waals surface area contributed by atoms with Crippen LogP contribution >= 0.6 is 23.5 Å². The number of nitrogens with one attached hydrogen (secondary N) is 1. The first-order valence-electron chi connectivity index (χ1n) is 11.0. The summed E-state index contributed by atoms with van der Waals surface area (Å²) in [6.07, 6.45) is 5.40. The van der Waals surface area contributed by atoms with E-state index in [1.165, 1.54) is 11.9 Å². The van der Waals surface area contributed by atoms with Crippen molar-refractivity contribution < 1.29 is 9.90 Å². The molecular weight excluding hydrogens is 484 g/mol. The van der Waals surface area contributed by atoms with Gasteiger partial charge in [0.05, 0.1) is 17.9 Å². The molecule has 0 radical (unpaired) electrons. The van der Waals surface area contributed by atoms with Crippen molar-refractivity contribution in [3.05, 3.63) is 71.6 Å². The number of halogens is 1. The van der Waals surface area contributed by atoms with Gasteiger partial charge in [0.2, 0.25) is 0 Å². The number of hydrogen-bond donors (Lipinski definition) is 2. The zero-order valence-electron chi connectivity index (χ0n) is 19.8. The van der Waals surface area contributed by atoms with Gasteiger partial charge in [0.25, 0.3) is 0 Å². The Bertz CT molecular complexity index is 1310. The number of likely N-dealkylation sites (N-methyl/N-ethyl adjacent to an activating group) is 1. The third kappa shape index (κ3) is 6.45. The molecule has 2 aromatic carbocycles. The number of fused-ring (bicyclic) bond motifs is 1. The third-order valence-corrected chi connectivity index (χ3v) is 6.45. The molecule has 8 nitrogen and oxygen atoms in total. The number of hydrogen-bond acceptors (Lipinski definition) is 7. The average molecular weight is 511 g/mol. The van der Waals surface area contributed by atoms with Crippen LogP contribution in [0.1, 0.15) is 5.56 Å². The van der Waals surface area contributed by atoms with Gasteiger partial charge in [0, 0.05) is 40.3 Å². The molecule has 4 rings (SSSR count). The summed E-state index contributed by atoms with van der Waals surface area (Å²) >= 11 is 7.55. The molecule has 10 heteroatoms. The maximum absolute atomic E-state index is 11.6. The molecule has 0 amide bonds. The molecule has 0 atom stereocenters. The molecule has 0 bridgehead atoms. The van der Waals surface area contributed by atoms with Crippen LogP contribution in [-0.4, -0.2) is 64.2 Å². The Labute approximate surface area is 213 Å². The molecule has 4 aromatic rings. The van der Waals surface area contributed by atoms with Crippen molar-refractivity contribution in [3.8, 4) is 5.82 Å². The maximum Gasteiger partial charge on any atom is 0.324 e. The molecule has 0 spiro atoms. The van der Waals surface area contributed by atoms with Gasteiger partial charge in [-0.25, -0.2) is 9.97 Å². The van der Waals surface area contributed by atoms with Crippen LogP contribution in [0, 0.1) is 6.92 Å². The van der Waals surface area contributed by atoms with E-state index < -0.39 is 5.97 Å². The minimum atomic E-state index is -0.913. The fourth-order valence-corrected chi connectivity index (χ4v) is 5.03. The van der Waals surface area contributed by atoms with Gasteiger partial charge >= 0.3 is 5.97 Å². The summed E-state index contributed by atoms with van der Waals surface area (Å²) in [4.78, 5) is 23.6. The predicted octanol–water partition coefficient (Wildman–Crippen LogP) is 4.95. The molecule has 0 aliphatic rings. The van der Waals surface area contributed by atoms with Crippen LogP contribution in [0.2, 0.25) is 5.02 Å². The summed E-state index contributed by atoms with van der Waals surface area (Å²) in [5.74, 6) is 0.521. The standard InChI is InChI=1S/C25H27ClN6O2S/c1-17-10-19(26)13-21(11-17)35-32(16-25(33)34)20-4-5-22-18(12-20)6-8-31(22)24-15-28-23(14-29-24)27-7-9-30(2)3/h4-6,8,10-15H,7,9,16H2,1-3H3,(H,27,28)(H,33,34). The second-order valence-electron chi connectivity index (χ2n) is 8.40. The van der Waals surface area contributed by atoms with Crippen LogP contribution in [-0.2, 0) is 4.79 Å². The molecule has 35 heavy (non-hydrogen) atoms. The van der Waals surface area contributed by atoms with Gasteiger partial charge in [0.1, 0.15) is 12.4 Å². The Hall–Kier alpha value is -3.27. The zero-order valence-corrected chi connectivity index (χ0v) is 21.3. The van der Waals surface area contributed by atoms with Crippen molar-refractivity contribution >= 4 is 51.9 Å². The number of rotatable bonds is 10. The molecule has 0 saturated carbocycles. The van der Waals surface area contributed by atoms with E-state index in [4.69, 9.17) is 11.6 Å². The number of anilines is 2. The van der Waals surface area contributed by atoms with E-state index in [1.807, 2.05) is 74.2 Å². The van der Waals surface area contributed by atoms with Gasteiger partial charge in [-0.3, -0.25) is 9.36 Å². The second-order valence-corrected chi connectivity index (χ2v) is 9.94. The van der Waals surface area contributed by atoms with Crippen molar-refractivity contribution in [3.63, 3.8) is 0 Å². The van der Waals surface area contributed by atoms with Crippen LogP contribution in [0.25, 0.3) is 16.7 Å². The fraction of sp³-hybridized carbons (Fsp3) is 0.240. The quantitative estimate of drug-likeness (QED) is 0.290. The molecule has 0 saturated heterocycles. The van der Waals surface area contributed by atoms with Crippen LogP contribution in [0.15, 0.2) is 66.0 Å². The largest absolute Gasteiger partial charge is 0.480 e. The second kappa shape index (κ2) is 11.0. The average Bonchev–Trinajstić information content (AvgIpc) is 3.21. The summed E-state index contributed by atoms with van der Waals surface area (Å²) in [5, 5.41) is 14.3. The maximum atomic E-state index is 11.6. The van der Waals surface area contributed by atoms with Gasteiger partial charge in [-0.05, 0) is 81.0 Å². The third-order valence-electron chi connectivity index (χ3n) is 5.22. The lowest BCUT2D eigenvalue weighted by atomic mass is 10.2. The van der Waals surface area contributed by atoms with Gasteiger partial charge in [-0.1, -0.05) is 11.6 Å². The van der Waals surface area contributed by atoms with Crippen molar-refractivity contribution in [2.75, 3.05) is 43.4 Å². The Kier molecular flexibility index (Phi) is 7.80. The number of carbonyl (C=O) groups is 1. The Morgan fingerprint density at radius 1 is 1.14 bits per heavy atom. The van der Waals surface area contributed by atoms with Crippen LogP contribution in [0.4, 0.5) is 11.5 Å². The van der Waals surface area contributed by atoms with E-state index >= 15 is 0 Å². The van der Waals surface area contributed by atoms with Crippen molar-refractivity contribution in [1.29, 1.82) is 0 Å². The summed E-state index contributed by atoms with van der Waals surface area (Å²) in [5.41, 5.74) is 2.75. The molecule has 0 aliphatic carbocycles. The number of nitrogens with zero attached hydrogens (tertiary/aromatic N) is 5. The molecule has 182 valence electrons. The molecule has 0 unspecified atom stereocenters. The molecule has 2 N–H and O–H groups in total. The number of carboxylic acids is 1. The summed E-state index contributed by atoms with van der Waals surface area (Å²) < 4.78 is 3.71. The van der Waals surface area contributed by atoms with E-state index in [0.29, 0.717) is 10.8 Å². The highest BCUT2D eigenvalue weighted by atomic mass is 35.5. The van der Waals surface area contributed by atoms with Crippen LogP contribution in [0.3, 0.4) is 0 Å². The number of carboxylic acid groups (broad SMARTS) is 1. The highest BCUT2D eigenvalue weighted by Gasteiger charge is 2.15. The molecule has 0 fully saturated rings. The lowest BCUT2D eigenvalue weighted by Gasteiger charge is -2.22. The number of aryl methyl sites for hydroxylation is 1. The van der Waals surface area contributed by atoms with Crippen molar-refractivity contribution in [1.82, 2.24) is 19.4 Å². The summed E-state index contributed by atoms with van der Waals surface area (Å²) in [6, 6.07) is 13.5. The number of aliphatic carboxylic acids is 1. The Morgan fingerprint density at radius 2 is 1.97 bits per heavy atom. The van der Waals surface area contributed by atoms with E-state index in [9.17, 15) is 9.90 Å².